The molecule has 3 unspecified atom stereocenters. The molecule has 1 amide bonds. The summed E-state index contributed by atoms with van der Waals surface area (Å²) in [4.78, 5) is 16.5. The molecule has 31 heavy (non-hydrogen) atoms. The van der Waals surface area contributed by atoms with Crippen molar-refractivity contribution in [3.63, 3.8) is 0 Å². The number of aromatic nitrogens is 1. The van der Waals surface area contributed by atoms with Crippen molar-refractivity contribution in [2.24, 2.45) is 0 Å². The Balaban J connectivity index is 2.13. The molecule has 0 spiro atoms. The number of hydrogen-bond acceptors (Lipinski definition) is 8. The van der Waals surface area contributed by atoms with E-state index in [0.717, 1.165) is 11.8 Å². The van der Waals surface area contributed by atoms with Crippen LogP contribution in [0.3, 0.4) is 0 Å². The van der Waals surface area contributed by atoms with Crippen LogP contribution < -0.4 is 10.0 Å². The van der Waals surface area contributed by atoms with Crippen molar-refractivity contribution < 1.29 is 27.8 Å². The second-order valence-corrected chi connectivity index (χ2v) is 8.93. The summed E-state index contributed by atoms with van der Waals surface area (Å²) >= 11 is 0. The molecule has 4 N–H and O–H groups in total. The van der Waals surface area contributed by atoms with Gasteiger partial charge in [0, 0.05) is 6.42 Å². The number of amides is 1. The van der Waals surface area contributed by atoms with Crippen LogP contribution in [0.25, 0.3) is 0 Å². The van der Waals surface area contributed by atoms with E-state index in [4.69, 9.17) is 9.68 Å². The number of carbonyl (C=O) groups excluding carboxylic acids is 1. The SMILES string of the molecule is CCS(=O)(=O)Nc1nc(C(=O)NC(Cc2ccccc2)C(O)C(O)CCCC#N)co1. The molecule has 10 nitrogen and oxygen atoms in total. The summed E-state index contributed by atoms with van der Waals surface area (Å²) in [6, 6.07) is 9.87. The number of nitrogens with one attached hydrogen (secondary N) is 2. The van der Waals surface area contributed by atoms with Crippen molar-refractivity contribution in [2.45, 2.75) is 50.9 Å². The first kappa shape index (κ1) is 24.3. The number of aliphatic hydroxyl groups excluding tert-OH is 2. The molecule has 11 heteroatoms. The zero-order valence-electron chi connectivity index (χ0n) is 17.1. The van der Waals surface area contributed by atoms with Gasteiger partial charge in [-0.3, -0.25) is 4.79 Å². The molecule has 0 bridgehead atoms. The van der Waals surface area contributed by atoms with Gasteiger partial charge in [0.2, 0.25) is 10.0 Å². The summed E-state index contributed by atoms with van der Waals surface area (Å²) < 4.78 is 30.3. The predicted molar refractivity (Wildman–Crippen MR) is 112 cm³/mol. The Kier molecular flexibility index (Phi) is 8.99. The molecule has 1 heterocycles. The smallest absolute Gasteiger partial charge is 0.309 e. The highest BCUT2D eigenvalue weighted by molar-refractivity contribution is 7.92. The lowest BCUT2D eigenvalue weighted by atomic mass is 9.95. The lowest BCUT2D eigenvalue weighted by molar-refractivity contribution is -0.00792. The Bertz CT molecular complexity index is 987. The van der Waals surface area contributed by atoms with Crippen molar-refractivity contribution >= 4 is 21.9 Å². The maximum atomic E-state index is 12.6. The van der Waals surface area contributed by atoms with Crippen LogP contribution in [-0.2, 0) is 16.4 Å². The number of nitriles is 1. The Morgan fingerprint density at radius 1 is 1.29 bits per heavy atom. The molecule has 0 fully saturated rings. The molecule has 0 radical (unpaired) electrons. The first-order valence-electron chi connectivity index (χ1n) is 9.79. The third-order valence-corrected chi connectivity index (χ3v) is 5.82. The van der Waals surface area contributed by atoms with Crippen LogP contribution in [0.15, 0.2) is 41.0 Å². The van der Waals surface area contributed by atoms with Gasteiger partial charge in [0.15, 0.2) is 5.69 Å². The molecule has 0 saturated carbocycles. The highest BCUT2D eigenvalue weighted by Gasteiger charge is 2.29. The maximum absolute atomic E-state index is 12.6. The third-order valence-electron chi connectivity index (χ3n) is 4.57. The number of rotatable bonds is 12. The van der Waals surface area contributed by atoms with Crippen molar-refractivity contribution in [1.82, 2.24) is 10.3 Å². The Labute approximate surface area is 181 Å². The van der Waals surface area contributed by atoms with E-state index in [-0.39, 0.29) is 36.7 Å². The van der Waals surface area contributed by atoms with Gasteiger partial charge in [-0.05, 0) is 31.7 Å². The summed E-state index contributed by atoms with van der Waals surface area (Å²) in [7, 11) is -3.62. The maximum Gasteiger partial charge on any atom is 0.309 e. The fraction of sp³-hybridized carbons (Fsp3) is 0.450. The number of unbranched alkanes of at least 4 members (excludes halogenated alkanes) is 1. The van der Waals surface area contributed by atoms with Gasteiger partial charge in [-0.2, -0.15) is 10.2 Å². The van der Waals surface area contributed by atoms with Gasteiger partial charge in [-0.25, -0.2) is 13.1 Å². The number of hydrogen-bond donors (Lipinski definition) is 4. The molecule has 2 aromatic rings. The van der Waals surface area contributed by atoms with Crippen LogP contribution in [0.1, 0.15) is 42.2 Å². The van der Waals surface area contributed by atoms with E-state index < -0.39 is 34.2 Å². The van der Waals surface area contributed by atoms with Crippen LogP contribution in [0.4, 0.5) is 6.01 Å². The van der Waals surface area contributed by atoms with Gasteiger partial charge in [0.25, 0.3) is 5.91 Å². The predicted octanol–water partition coefficient (Wildman–Crippen LogP) is 1.19. The molecule has 168 valence electrons. The minimum Gasteiger partial charge on any atom is -0.431 e. The van der Waals surface area contributed by atoms with Gasteiger partial charge in [-0.1, -0.05) is 30.3 Å². The van der Waals surface area contributed by atoms with E-state index >= 15 is 0 Å². The Hall–Kier alpha value is -2.94. The highest BCUT2D eigenvalue weighted by Crippen LogP contribution is 2.15. The lowest BCUT2D eigenvalue weighted by Crippen LogP contribution is -2.49. The molecule has 1 aromatic carbocycles. The monoisotopic (exact) mass is 450 g/mol. The highest BCUT2D eigenvalue weighted by atomic mass is 32.2. The average Bonchev–Trinajstić information content (AvgIpc) is 3.21. The summed E-state index contributed by atoms with van der Waals surface area (Å²) in [6.45, 7) is 1.44. The fourth-order valence-corrected chi connectivity index (χ4v) is 3.33. The second kappa shape index (κ2) is 11.5. The van der Waals surface area contributed by atoms with E-state index in [1.165, 1.54) is 6.92 Å². The van der Waals surface area contributed by atoms with Crippen LogP contribution in [0, 0.1) is 11.3 Å². The Morgan fingerprint density at radius 2 is 2.00 bits per heavy atom. The van der Waals surface area contributed by atoms with E-state index in [1.807, 2.05) is 36.4 Å². The molecule has 0 aliphatic heterocycles. The zero-order valence-corrected chi connectivity index (χ0v) is 17.9. The fourth-order valence-electron chi connectivity index (χ4n) is 2.83. The van der Waals surface area contributed by atoms with Crippen LogP contribution >= 0.6 is 0 Å². The molecular weight excluding hydrogens is 424 g/mol. The summed E-state index contributed by atoms with van der Waals surface area (Å²) in [5.74, 6) is -0.888. The molecule has 0 aliphatic rings. The van der Waals surface area contributed by atoms with Crippen LogP contribution in [0.2, 0.25) is 0 Å². The molecule has 1 aromatic heterocycles. The summed E-state index contributed by atoms with van der Waals surface area (Å²) in [5, 5.41) is 32.2. The average molecular weight is 451 g/mol. The second-order valence-electron chi connectivity index (χ2n) is 6.92. The standard InChI is InChI=1S/C20H26N4O6S/c1-2-31(28,29)24-20-23-16(13-30-20)19(27)22-15(12-14-8-4-3-5-9-14)18(26)17(25)10-6-7-11-21/h3-5,8-9,13,15,17-18,25-26H,2,6-7,10,12H2,1H3,(H,22,27)(H,23,24). The van der Waals surface area contributed by atoms with E-state index in [9.17, 15) is 23.4 Å². The number of aliphatic hydroxyl groups is 2. The third kappa shape index (κ3) is 7.67. The van der Waals surface area contributed by atoms with E-state index in [0.29, 0.717) is 6.42 Å². The van der Waals surface area contributed by atoms with E-state index in [1.54, 1.807) is 0 Å². The lowest BCUT2D eigenvalue weighted by Gasteiger charge is -2.27. The minimum atomic E-state index is -3.62. The largest absolute Gasteiger partial charge is 0.431 e. The molecule has 0 aliphatic carbocycles. The first-order valence-corrected chi connectivity index (χ1v) is 11.4. The molecule has 0 saturated heterocycles. The number of nitrogens with zero attached hydrogens (tertiary/aromatic N) is 2. The summed E-state index contributed by atoms with van der Waals surface area (Å²) in [6.07, 6.45) is -0.365. The van der Waals surface area contributed by atoms with Gasteiger partial charge in [0.05, 0.1) is 24.0 Å². The van der Waals surface area contributed by atoms with Crippen LogP contribution in [-0.4, -0.2) is 53.5 Å². The minimum absolute atomic E-state index is 0.182. The van der Waals surface area contributed by atoms with Crippen LogP contribution in [0.5, 0.6) is 0 Å². The zero-order chi connectivity index (χ0) is 22.9. The first-order chi connectivity index (χ1) is 14.8. The summed E-state index contributed by atoms with van der Waals surface area (Å²) in [5.41, 5.74) is 0.644. The normalized spacial score (nSPS) is 14.3. The van der Waals surface area contributed by atoms with Crippen molar-refractivity contribution in [1.29, 1.82) is 5.26 Å². The van der Waals surface area contributed by atoms with E-state index in [2.05, 4.69) is 15.0 Å². The number of anilines is 1. The Morgan fingerprint density at radius 3 is 2.65 bits per heavy atom. The topological polar surface area (TPSA) is 166 Å². The van der Waals surface area contributed by atoms with Gasteiger partial charge < -0.3 is 19.9 Å². The molecule has 3 atom stereocenters. The van der Waals surface area contributed by atoms with Crippen molar-refractivity contribution in [3.8, 4) is 6.07 Å². The van der Waals surface area contributed by atoms with Crippen molar-refractivity contribution in [2.75, 3.05) is 10.5 Å². The van der Waals surface area contributed by atoms with Gasteiger partial charge in [0.1, 0.15) is 12.4 Å². The van der Waals surface area contributed by atoms with Gasteiger partial charge in [-0.15, -0.1) is 0 Å². The molecular formula is C20H26N4O6S. The number of benzene rings is 1. The number of sulfonamides is 1. The quantitative estimate of drug-likeness (QED) is 0.350. The number of carbonyl (C=O) groups is 1. The number of oxazole rings is 1. The van der Waals surface area contributed by atoms with Crippen molar-refractivity contribution in [3.05, 3.63) is 47.9 Å². The van der Waals surface area contributed by atoms with Gasteiger partial charge >= 0.3 is 6.01 Å². The molecule has 2 rings (SSSR count).